The van der Waals surface area contributed by atoms with Crippen molar-refractivity contribution in [1.29, 1.82) is 0 Å². The van der Waals surface area contributed by atoms with Crippen LogP contribution in [-0.2, 0) is 14.4 Å². The Labute approximate surface area is 155 Å². The second-order valence-electron chi connectivity index (χ2n) is 5.25. The number of carbonyl (C=O) groups excluding carboxylic acids is 2. The van der Waals surface area contributed by atoms with Gasteiger partial charge in [-0.1, -0.05) is 0 Å². The first-order chi connectivity index (χ1) is 11.2. The quantitative estimate of drug-likeness (QED) is 0.283. The van der Waals surface area contributed by atoms with Crippen molar-refractivity contribution in [3.63, 3.8) is 0 Å². The Balaban J connectivity index is 2.43. The van der Waals surface area contributed by atoms with Crippen molar-refractivity contribution in [2.45, 2.75) is 44.1 Å². The molecular weight excluding hydrogens is 452 g/mol. The molecule has 0 aromatic heterocycles. The summed E-state index contributed by atoms with van der Waals surface area (Å²) >= 11 is 5.87. The van der Waals surface area contributed by atoms with E-state index in [9.17, 15) is 14.4 Å². The lowest BCUT2D eigenvalue weighted by Crippen LogP contribution is -2.44. The van der Waals surface area contributed by atoms with Crippen LogP contribution in [0.15, 0.2) is 21.1 Å². The van der Waals surface area contributed by atoms with Gasteiger partial charge in [-0.2, -0.15) is 0 Å². The topological polar surface area (TPSA) is 136 Å². The molecule has 0 radical (unpaired) electrons. The molecule has 1 saturated carbocycles. The summed E-state index contributed by atoms with van der Waals surface area (Å²) < 4.78 is -0.0160. The zero-order valence-electron chi connectivity index (χ0n) is 12.5. The maximum absolute atomic E-state index is 11.8. The number of amides is 2. The number of aliphatic hydroxyl groups excluding tert-OH is 1. The summed E-state index contributed by atoms with van der Waals surface area (Å²) in [6.45, 7) is 0. The van der Waals surface area contributed by atoms with Crippen molar-refractivity contribution in [1.82, 2.24) is 10.6 Å². The fourth-order valence-electron chi connectivity index (χ4n) is 2.27. The fraction of sp³-hybridized carbons (Fsp3) is 0.500. The van der Waals surface area contributed by atoms with Gasteiger partial charge in [0.1, 0.15) is 0 Å². The molecule has 8 nitrogen and oxygen atoms in total. The number of rotatable bonds is 6. The normalized spacial score (nSPS) is 22.2. The Kier molecular flexibility index (Phi) is 8.60. The first-order valence-electron chi connectivity index (χ1n) is 7.14. The van der Waals surface area contributed by atoms with E-state index in [1.165, 1.54) is 0 Å². The maximum atomic E-state index is 11.8. The number of carbonyl (C=O) groups is 3. The molecule has 0 aromatic rings. The highest BCUT2D eigenvalue weighted by molar-refractivity contribution is 9.12. The van der Waals surface area contributed by atoms with Crippen LogP contribution in [0.25, 0.3) is 0 Å². The zero-order valence-corrected chi connectivity index (χ0v) is 15.7. The maximum Gasteiger partial charge on any atom is 0.329 e. The Morgan fingerprint density at radius 1 is 0.917 bits per heavy atom. The van der Waals surface area contributed by atoms with E-state index >= 15 is 0 Å². The van der Waals surface area contributed by atoms with Gasteiger partial charge in [-0.3, -0.25) is 9.59 Å². The first-order valence-corrected chi connectivity index (χ1v) is 8.73. The molecule has 0 atom stereocenters. The van der Waals surface area contributed by atoms with Crippen LogP contribution in [0.4, 0.5) is 0 Å². The Morgan fingerprint density at radius 3 is 1.71 bits per heavy atom. The van der Waals surface area contributed by atoms with E-state index < -0.39 is 24.1 Å². The molecule has 0 spiro atoms. The van der Waals surface area contributed by atoms with Gasteiger partial charge in [0.25, 0.3) is 11.8 Å². The highest BCUT2D eigenvalue weighted by atomic mass is 79.9. The fourth-order valence-corrected chi connectivity index (χ4v) is 2.93. The van der Waals surface area contributed by atoms with Gasteiger partial charge < -0.3 is 26.0 Å². The Hall–Kier alpha value is -1.23. The van der Waals surface area contributed by atoms with Crippen LogP contribution in [0.3, 0.4) is 0 Å². The summed E-state index contributed by atoms with van der Waals surface area (Å²) in [5.74, 6) is -2.15. The third kappa shape index (κ3) is 7.56. The largest absolute Gasteiger partial charge is 0.478 e. The molecule has 0 bridgehead atoms. The van der Waals surface area contributed by atoms with Crippen LogP contribution in [0.5, 0.6) is 0 Å². The summed E-state index contributed by atoms with van der Waals surface area (Å²) in [6.07, 6.45) is 2.57. The lowest BCUT2D eigenvalue weighted by molar-refractivity contribution is -0.131. The molecule has 0 aromatic carbocycles. The molecule has 0 saturated heterocycles. The number of hydrogen-bond acceptors (Lipinski definition) is 5. The van der Waals surface area contributed by atoms with Crippen LogP contribution >= 0.6 is 31.9 Å². The van der Waals surface area contributed by atoms with Gasteiger partial charge >= 0.3 is 5.97 Å². The lowest BCUT2D eigenvalue weighted by atomic mass is 9.91. The number of halogens is 2. The minimum absolute atomic E-state index is 0.0377. The number of carboxylic acid groups (broad SMARTS) is 1. The van der Waals surface area contributed by atoms with E-state index in [4.69, 9.17) is 15.3 Å². The first kappa shape index (κ1) is 20.8. The summed E-state index contributed by atoms with van der Waals surface area (Å²) in [5.41, 5.74) is 0. The van der Waals surface area contributed by atoms with Crippen molar-refractivity contribution in [3.05, 3.63) is 21.1 Å². The lowest BCUT2D eigenvalue weighted by Gasteiger charge is -2.29. The third-order valence-corrected chi connectivity index (χ3v) is 4.59. The minimum Gasteiger partial charge on any atom is -0.478 e. The standard InChI is InChI=1S/C14H18Br2N2O6/c15-9(5-11(19)20)13(23)17-7-1-2-8(4-3-7)18-14(24)10(16)6-12(21)22/h5-8,11,19-20H,1-4H2,(H,17,23)(H,18,24)(H,21,22)/b9-5+,10-6+. The molecule has 1 fully saturated rings. The van der Waals surface area contributed by atoms with E-state index in [2.05, 4.69) is 42.5 Å². The second-order valence-corrected chi connectivity index (χ2v) is 6.96. The molecule has 0 unspecified atom stereocenters. The summed E-state index contributed by atoms with van der Waals surface area (Å²) in [7, 11) is 0. The van der Waals surface area contributed by atoms with E-state index in [1.807, 2.05) is 0 Å². The van der Waals surface area contributed by atoms with Crippen molar-refractivity contribution >= 4 is 49.6 Å². The molecule has 5 N–H and O–H groups in total. The van der Waals surface area contributed by atoms with Crippen molar-refractivity contribution in [2.75, 3.05) is 0 Å². The van der Waals surface area contributed by atoms with E-state index in [0.29, 0.717) is 25.7 Å². The second kappa shape index (κ2) is 9.92. The van der Waals surface area contributed by atoms with Crippen molar-refractivity contribution < 1.29 is 29.7 Å². The number of hydrogen-bond donors (Lipinski definition) is 5. The van der Waals surface area contributed by atoms with Gasteiger partial charge in [-0.15, -0.1) is 0 Å². The molecule has 0 aliphatic heterocycles. The number of aliphatic hydroxyl groups is 2. The molecule has 1 aliphatic carbocycles. The minimum atomic E-state index is -1.71. The van der Waals surface area contributed by atoms with E-state index in [-0.39, 0.29) is 21.0 Å². The Bertz CT molecular complexity index is 553. The molecule has 1 rings (SSSR count). The zero-order chi connectivity index (χ0) is 18.3. The predicted octanol–water partition coefficient (Wildman–Crippen LogP) is 0.483. The number of carboxylic acids is 1. The summed E-state index contributed by atoms with van der Waals surface area (Å²) in [6, 6.07) is -0.181. The van der Waals surface area contributed by atoms with Gasteiger partial charge in [-0.05, 0) is 63.6 Å². The molecule has 134 valence electrons. The smallest absolute Gasteiger partial charge is 0.329 e. The number of nitrogens with one attached hydrogen (secondary N) is 2. The van der Waals surface area contributed by atoms with Crippen molar-refractivity contribution in [3.8, 4) is 0 Å². The predicted molar refractivity (Wildman–Crippen MR) is 92.2 cm³/mol. The third-order valence-electron chi connectivity index (χ3n) is 3.38. The summed E-state index contributed by atoms with van der Waals surface area (Å²) in [5, 5.41) is 31.6. The van der Waals surface area contributed by atoms with Gasteiger partial charge in [0, 0.05) is 18.2 Å². The molecule has 2 amide bonds. The molecule has 0 heterocycles. The molecule has 1 aliphatic rings. The average molecular weight is 470 g/mol. The molecular formula is C14H18Br2N2O6. The van der Waals surface area contributed by atoms with Gasteiger partial charge in [0.2, 0.25) is 0 Å². The Morgan fingerprint density at radius 2 is 1.33 bits per heavy atom. The van der Waals surface area contributed by atoms with Gasteiger partial charge in [-0.25, -0.2) is 4.79 Å². The monoisotopic (exact) mass is 468 g/mol. The molecule has 10 heteroatoms. The summed E-state index contributed by atoms with van der Waals surface area (Å²) in [4.78, 5) is 34.1. The highest BCUT2D eigenvalue weighted by Crippen LogP contribution is 2.20. The number of aliphatic carboxylic acids is 1. The van der Waals surface area contributed by atoms with Gasteiger partial charge in [0.05, 0.1) is 8.96 Å². The van der Waals surface area contributed by atoms with E-state index in [1.54, 1.807) is 0 Å². The van der Waals surface area contributed by atoms with Crippen LogP contribution < -0.4 is 10.6 Å². The van der Waals surface area contributed by atoms with Crippen LogP contribution in [-0.4, -0.2) is 51.5 Å². The van der Waals surface area contributed by atoms with Crippen LogP contribution in [0.1, 0.15) is 25.7 Å². The molecule has 24 heavy (non-hydrogen) atoms. The SMILES string of the molecule is O=C(O)/C=C(/Br)C(=O)NC1CCC(NC(=O)/C(Br)=C\C(O)O)CC1. The van der Waals surface area contributed by atoms with Crippen LogP contribution in [0, 0.1) is 0 Å². The average Bonchev–Trinajstić information content (AvgIpc) is 2.47. The highest BCUT2D eigenvalue weighted by Gasteiger charge is 2.24. The van der Waals surface area contributed by atoms with Crippen LogP contribution in [0.2, 0.25) is 0 Å². The van der Waals surface area contributed by atoms with E-state index in [0.717, 1.165) is 12.2 Å². The van der Waals surface area contributed by atoms with Crippen molar-refractivity contribution in [2.24, 2.45) is 0 Å². The van der Waals surface area contributed by atoms with Gasteiger partial charge in [0.15, 0.2) is 6.29 Å².